The highest BCUT2D eigenvalue weighted by atomic mass is 79.9. The van der Waals surface area contributed by atoms with Crippen LogP contribution in [0.1, 0.15) is 6.92 Å². The maximum atomic E-state index is 10.2. The van der Waals surface area contributed by atoms with Crippen LogP contribution in [0.3, 0.4) is 0 Å². The van der Waals surface area contributed by atoms with Crippen LogP contribution in [-0.2, 0) is 9.47 Å². The first kappa shape index (κ1) is 9.29. The maximum absolute atomic E-state index is 10.2. The smallest absolute Gasteiger partial charge is 0.187 e. The fourth-order valence-electron chi connectivity index (χ4n) is 7.30. The Bertz CT molecular complexity index is 473. The number of halogens is 1. The molecule has 0 radical (unpaired) electrons. The Morgan fingerprint density at radius 1 is 1.18 bits per heavy atom. The van der Waals surface area contributed by atoms with Crippen molar-refractivity contribution in [1.29, 1.82) is 0 Å². The van der Waals surface area contributed by atoms with Crippen LogP contribution in [0, 0.1) is 40.9 Å². The molecular weight excluding hydrogens is 284 g/mol. The molecule has 0 unspecified atom stereocenters. The summed E-state index contributed by atoms with van der Waals surface area (Å²) in [6.45, 7) is 3.49. The highest BCUT2D eigenvalue weighted by molar-refractivity contribution is 9.10. The summed E-state index contributed by atoms with van der Waals surface area (Å²) in [5, 5.41) is 10.2. The van der Waals surface area contributed by atoms with Crippen molar-refractivity contribution < 1.29 is 14.6 Å². The Morgan fingerprint density at radius 3 is 2.29 bits per heavy atom. The van der Waals surface area contributed by atoms with Crippen LogP contribution in [-0.4, -0.2) is 34.5 Å². The normalized spacial score (nSPS) is 75.7. The molecule has 2 bridgehead atoms. The van der Waals surface area contributed by atoms with Crippen molar-refractivity contribution in [3.63, 3.8) is 0 Å². The number of rotatable bonds is 1. The van der Waals surface area contributed by atoms with Crippen molar-refractivity contribution in [3.05, 3.63) is 0 Å². The predicted molar refractivity (Wildman–Crippen MR) is 61.3 cm³/mol. The Morgan fingerprint density at radius 2 is 1.88 bits per heavy atom. The van der Waals surface area contributed by atoms with E-state index >= 15 is 0 Å². The van der Waals surface area contributed by atoms with E-state index in [0.29, 0.717) is 17.8 Å². The van der Waals surface area contributed by atoms with Gasteiger partial charge in [0.2, 0.25) is 0 Å². The molecule has 3 nitrogen and oxygen atoms in total. The summed E-state index contributed by atoms with van der Waals surface area (Å²) in [4.78, 5) is 0. The summed E-state index contributed by atoms with van der Waals surface area (Å²) in [6.07, 6.45) is -0.154. The highest BCUT2D eigenvalue weighted by Crippen LogP contribution is 3.05. The molecule has 1 aliphatic heterocycles. The molecule has 1 spiro atoms. The number of alkyl halides is 1. The largest absolute Gasteiger partial charge is 0.393 e. The monoisotopic (exact) mass is 298 g/mol. The molecule has 1 N–H and O–H groups in total. The van der Waals surface area contributed by atoms with Crippen LogP contribution in [0.5, 0.6) is 0 Å². The van der Waals surface area contributed by atoms with Gasteiger partial charge in [-0.25, -0.2) is 0 Å². The van der Waals surface area contributed by atoms with Gasteiger partial charge in [0.05, 0.1) is 23.6 Å². The van der Waals surface area contributed by atoms with E-state index < -0.39 is 0 Å². The quantitative estimate of drug-likeness (QED) is 0.734. The standard InChI is InChI=1S/C13H15BrO3/c1-4(15)11-6-5-7(6)12(14)10(11)9(11)8(5)13(12)16-2-3-17-13/h4-10,15H,2-3H2,1H3/t4-,5-,6+,7-,8-,9+,10-,11-,12-/m0/s1. The Labute approximate surface area is 108 Å². The molecule has 6 saturated carbocycles. The van der Waals surface area contributed by atoms with Crippen molar-refractivity contribution in [2.24, 2.45) is 40.9 Å². The Hall–Kier alpha value is 0.360. The summed E-state index contributed by atoms with van der Waals surface area (Å²) < 4.78 is 12.2. The predicted octanol–water partition coefficient (Wildman–Crippen LogP) is 0.996. The van der Waals surface area contributed by atoms with Gasteiger partial charge in [0.25, 0.3) is 0 Å². The van der Waals surface area contributed by atoms with Crippen molar-refractivity contribution >= 4 is 15.9 Å². The summed E-state index contributed by atoms with van der Waals surface area (Å²) >= 11 is 4.05. The van der Waals surface area contributed by atoms with Gasteiger partial charge in [0, 0.05) is 11.3 Å². The van der Waals surface area contributed by atoms with Gasteiger partial charge in [-0.1, -0.05) is 15.9 Å². The SMILES string of the molecule is C[C@H](O)[C@]12[C@@H]3[C@@H]4[C@H]5[C@@H]1[C@@H]2[C@@](Br)([C@@H]43)C51OCCO1. The molecule has 7 aliphatic rings. The van der Waals surface area contributed by atoms with E-state index in [9.17, 15) is 5.11 Å². The van der Waals surface area contributed by atoms with Crippen molar-refractivity contribution in [2.45, 2.75) is 23.1 Å². The molecule has 0 aromatic rings. The van der Waals surface area contributed by atoms with Crippen molar-refractivity contribution in [1.82, 2.24) is 0 Å². The summed E-state index contributed by atoms with van der Waals surface area (Å²) in [5.74, 6) is 3.79. The second-order valence-corrected chi connectivity index (χ2v) is 8.28. The Kier molecular flexibility index (Phi) is 1.12. The lowest BCUT2D eigenvalue weighted by Crippen LogP contribution is -2.50. The first-order valence-corrected chi connectivity index (χ1v) is 7.57. The zero-order valence-corrected chi connectivity index (χ0v) is 11.2. The van der Waals surface area contributed by atoms with E-state index in [1.54, 1.807) is 0 Å². The van der Waals surface area contributed by atoms with Crippen LogP contribution in [0.25, 0.3) is 0 Å². The third-order valence-corrected chi connectivity index (χ3v) is 8.75. The molecule has 4 heteroatoms. The van der Waals surface area contributed by atoms with E-state index in [1.165, 1.54) is 0 Å². The van der Waals surface area contributed by atoms with Gasteiger partial charge < -0.3 is 14.6 Å². The van der Waals surface area contributed by atoms with Gasteiger partial charge in [-0.15, -0.1) is 0 Å². The van der Waals surface area contributed by atoms with Gasteiger partial charge in [-0.3, -0.25) is 0 Å². The second kappa shape index (κ2) is 2.05. The molecule has 7 rings (SSSR count). The van der Waals surface area contributed by atoms with Gasteiger partial charge in [-0.2, -0.15) is 0 Å². The lowest BCUT2D eigenvalue weighted by atomic mass is 9.90. The van der Waals surface area contributed by atoms with E-state index in [1.807, 2.05) is 6.92 Å². The molecule has 7 fully saturated rings. The molecule has 92 valence electrons. The minimum atomic E-state index is -0.316. The van der Waals surface area contributed by atoms with Crippen molar-refractivity contribution in [3.8, 4) is 0 Å². The fourth-order valence-corrected chi connectivity index (χ4v) is 9.06. The topological polar surface area (TPSA) is 38.7 Å². The third-order valence-electron chi connectivity index (χ3n) is 7.17. The van der Waals surface area contributed by atoms with Gasteiger partial charge in [-0.05, 0) is 36.5 Å². The zero-order valence-electron chi connectivity index (χ0n) is 9.60. The maximum Gasteiger partial charge on any atom is 0.187 e. The summed E-state index contributed by atoms with van der Waals surface area (Å²) in [5.41, 5.74) is 0.240. The first-order chi connectivity index (χ1) is 8.13. The summed E-state index contributed by atoms with van der Waals surface area (Å²) in [6, 6.07) is 0. The average Bonchev–Trinajstić information content (AvgIpc) is 2.97. The number of hydrogen-bond acceptors (Lipinski definition) is 3. The molecule has 1 heterocycles. The Balaban J connectivity index is 1.60. The lowest BCUT2D eigenvalue weighted by Gasteiger charge is -2.38. The molecular formula is C13H15BrO3. The van der Waals surface area contributed by atoms with E-state index in [2.05, 4.69) is 15.9 Å². The van der Waals surface area contributed by atoms with Crippen LogP contribution >= 0.6 is 15.9 Å². The molecule has 17 heavy (non-hydrogen) atoms. The van der Waals surface area contributed by atoms with E-state index in [0.717, 1.165) is 31.0 Å². The first-order valence-electron chi connectivity index (χ1n) is 6.78. The fraction of sp³-hybridized carbons (Fsp3) is 1.00. The number of aliphatic hydroxyl groups excluding tert-OH is 1. The number of ether oxygens (including phenoxy) is 2. The van der Waals surface area contributed by atoms with Gasteiger partial charge >= 0.3 is 0 Å². The van der Waals surface area contributed by atoms with E-state index in [4.69, 9.17) is 9.47 Å². The number of aliphatic hydroxyl groups is 1. The third kappa shape index (κ3) is 0.522. The van der Waals surface area contributed by atoms with Crippen LogP contribution in [0.2, 0.25) is 0 Å². The van der Waals surface area contributed by atoms with Gasteiger partial charge in [0.1, 0.15) is 0 Å². The minimum Gasteiger partial charge on any atom is -0.393 e. The van der Waals surface area contributed by atoms with Crippen molar-refractivity contribution in [2.75, 3.05) is 13.2 Å². The molecule has 0 aromatic heterocycles. The average molecular weight is 299 g/mol. The second-order valence-electron chi connectivity index (χ2n) is 6.97. The zero-order chi connectivity index (χ0) is 11.4. The highest BCUT2D eigenvalue weighted by Gasteiger charge is 3.09. The van der Waals surface area contributed by atoms with Crippen LogP contribution < -0.4 is 0 Å². The molecule has 1 saturated heterocycles. The molecule has 9 atom stereocenters. The van der Waals surface area contributed by atoms with Crippen LogP contribution in [0.4, 0.5) is 0 Å². The minimum absolute atomic E-state index is 0.0398. The number of hydrogen-bond donors (Lipinski definition) is 1. The summed E-state index contributed by atoms with van der Waals surface area (Å²) in [7, 11) is 0. The molecule has 0 amide bonds. The van der Waals surface area contributed by atoms with E-state index in [-0.39, 0.29) is 21.6 Å². The van der Waals surface area contributed by atoms with Crippen LogP contribution in [0.15, 0.2) is 0 Å². The lowest BCUT2D eigenvalue weighted by molar-refractivity contribution is -0.193. The molecule has 0 aromatic carbocycles. The molecule has 6 aliphatic carbocycles. The van der Waals surface area contributed by atoms with Gasteiger partial charge in [0.15, 0.2) is 5.79 Å².